The maximum atomic E-state index is 12.1. The average Bonchev–Trinajstić information content (AvgIpc) is 2.83. The van der Waals surface area contributed by atoms with Crippen molar-refractivity contribution in [2.45, 2.75) is 18.6 Å². The number of hydrogen-bond donors (Lipinski definition) is 3. The number of nitrogens with one attached hydrogen (secondary N) is 1. The molecule has 7 nitrogen and oxygen atoms in total. The Morgan fingerprint density at radius 3 is 2.81 bits per heavy atom. The summed E-state index contributed by atoms with van der Waals surface area (Å²) in [6.07, 6.45) is -0.869. The quantitative estimate of drug-likeness (QED) is 0.742. The Morgan fingerprint density at radius 2 is 2.19 bits per heavy atom. The number of aliphatic hydroxyl groups is 1. The molecule has 1 aliphatic rings. The van der Waals surface area contributed by atoms with E-state index < -0.39 is 24.1 Å². The van der Waals surface area contributed by atoms with Gasteiger partial charge in [-0.1, -0.05) is 15.9 Å². The van der Waals surface area contributed by atoms with Crippen LogP contribution >= 0.6 is 15.9 Å². The lowest BCUT2D eigenvalue weighted by atomic mass is 10.2. The van der Waals surface area contributed by atoms with E-state index in [1.807, 2.05) is 6.07 Å². The minimum atomic E-state index is -1.17. The number of hydrogen-bond acceptors (Lipinski definition) is 4. The summed E-state index contributed by atoms with van der Waals surface area (Å²) in [5.41, 5.74) is 0.542. The van der Waals surface area contributed by atoms with E-state index >= 15 is 0 Å². The second kappa shape index (κ2) is 6.11. The lowest BCUT2D eigenvalue weighted by Gasteiger charge is -2.21. The molecule has 1 aliphatic heterocycles. The first-order valence-corrected chi connectivity index (χ1v) is 6.90. The van der Waals surface area contributed by atoms with Gasteiger partial charge in [0.05, 0.1) is 17.4 Å². The van der Waals surface area contributed by atoms with Gasteiger partial charge in [-0.2, -0.15) is 5.26 Å². The van der Waals surface area contributed by atoms with Gasteiger partial charge in [-0.15, -0.1) is 0 Å². The molecular formula is C13H12BrN3O4. The molecule has 1 saturated heterocycles. The Hall–Kier alpha value is -2.11. The number of amides is 2. The second-order valence-corrected chi connectivity index (χ2v) is 5.54. The summed E-state index contributed by atoms with van der Waals surface area (Å²) in [4.78, 5) is 24.3. The molecular weight excluding hydrogens is 342 g/mol. The summed E-state index contributed by atoms with van der Waals surface area (Å²) in [5.74, 6) is -1.17. The van der Waals surface area contributed by atoms with Crippen LogP contribution in [-0.2, 0) is 4.79 Å². The van der Waals surface area contributed by atoms with Crippen LogP contribution in [0.4, 0.5) is 10.5 Å². The van der Waals surface area contributed by atoms with Gasteiger partial charge < -0.3 is 20.4 Å². The topological polar surface area (TPSA) is 114 Å². The summed E-state index contributed by atoms with van der Waals surface area (Å²) >= 11 is 3.22. The van der Waals surface area contributed by atoms with E-state index in [0.29, 0.717) is 4.47 Å². The van der Waals surface area contributed by atoms with Crippen LogP contribution in [0.5, 0.6) is 0 Å². The highest BCUT2D eigenvalue weighted by Crippen LogP contribution is 2.23. The van der Waals surface area contributed by atoms with Gasteiger partial charge in [0.2, 0.25) is 0 Å². The minimum Gasteiger partial charge on any atom is -0.480 e. The van der Waals surface area contributed by atoms with E-state index in [2.05, 4.69) is 21.2 Å². The highest BCUT2D eigenvalue weighted by molar-refractivity contribution is 9.10. The number of carbonyl (C=O) groups excluding carboxylic acids is 1. The van der Waals surface area contributed by atoms with Gasteiger partial charge in [-0.25, -0.2) is 9.59 Å². The number of aliphatic carboxylic acids is 1. The largest absolute Gasteiger partial charge is 0.480 e. The number of β-amino-alcohol motifs (C(OH)–C–C–N with tert-alkyl or cyclic N) is 1. The van der Waals surface area contributed by atoms with Gasteiger partial charge in [0.1, 0.15) is 12.1 Å². The van der Waals surface area contributed by atoms with Crippen LogP contribution in [-0.4, -0.2) is 45.8 Å². The zero-order chi connectivity index (χ0) is 15.6. The summed E-state index contributed by atoms with van der Waals surface area (Å²) in [7, 11) is 0. The molecule has 1 heterocycles. The molecule has 3 N–H and O–H groups in total. The molecule has 0 saturated carbocycles. The summed E-state index contributed by atoms with van der Waals surface area (Å²) in [6.45, 7) is -0.0544. The normalized spacial score (nSPS) is 20.9. The number of anilines is 1. The number of carboxylic acid groups (broad SMARTS) is 1. The number of halogens is 1. The van der Waals surface area contributed by atoms with E-state index in [4.69, 9.17) is 10.4 Å². The molecule has 8 heteroatoms. The Bertz CT molecular complexity index is 628. The van der Waals surface area contributed by atoms with Crippen LogP contribution < -0.4 is 5.32 Å². The lowest BCUT2D eigenvalue weighted by Crippen LogP contribution is -2.43. The molecule has 1 fully saturated rings. The predicted octanol–water partition coefficient (Wildman–Crippen LogP) is 1.37. The molecule has 0 bridgehead atoms. The Morgan fingerprint density at radius 1 is 1.48 bits per heavy atom. The number of benzene rings is 1. The number of nitrogens with zero attached hydrogens (tertiary/aromatic N) is 2. The fraction of sp³-hybridized carbons (Fsp3) is 0.308. The minimum absolute atomic E-state index is 0.00576. The Kier molecular flexibility index (Phi) is 4.45. The van der Waals surface area contributed by atoms with Gasteiger partial charge in [0, 0.05) is 17.4 Å². The first-order valence-electron chi connectivity index (χ1n) is 6.10. The molecule has 110 valence electrons. The van der Waals surface area contributed by atoms with Crippen molar-refractivity contribution in [1.82, 2.24) is 4.90 Å². The van der Waals surface area contributed by atoms with E-state index in [0.717, 1.165) is 4.90 Å². The maximum absolute atomic E-state index is 12.1. The average molecular weight is 354 g/mol. The van der Waals surface area contributed by atoms with Crippen LogP contribution in [0.1, 0.15) is 12.0 Å². The van der Waals surface area contributed by atoms with E-state index in [1.54, 1.807) is 18.2 Å². The van der Waals surface area contributed by atoms with Crippen molar-refractivity contribution < 1.29 is 19.8 Å². The van der Waals surface area contributed by atoms with Gasteiger partial charge in [0.15, 0.2) is 0 Å². The molecule has 0 unspecified atom stereocenters. The third kappa shape index (κ3) is 3.32. The molecule has 2 rings (SSSR count). The molecule has 0 radical (unpaired) electrons. The number of rotatable bonds is 2. The number of carboxylic acids is 1. The molecule has 21 heavy (non-hydrogen) atoms. The zero-order valence-corrected chi connectivity index (χ0v) is 12.4. The number of urea groups is 1. The van der Waals surface area contributed by atoms with Gasteiger partial charge in [-0.3, -0.25) is 0 Å². The fourth-order valence-electron chi connectivity index (χ4n) is 2.18. The van der Waals surface area contributed by atoms with Crippen molar-refractivity contribution in [2.75, 3.05) is 11.9 Å². The van der Waals surface area contributed by atoms with E-state index in [-0.39, 0.29) is 24.2 Å². The van der Waals surface area contributed by atoms with E-state index in [1.165, 1.54) is 0 Å². The predicted molar refractivity (Wildman–Crippen MR) is 76.6 cm³/mol. The highest BCUT2D eigenvalue weighted by atomic mass is 79.9. The van der Waals surface area contributed by atoms with Crippen LogP contribution in [0.3, 0.4) is 0 Å². The molecule has 1 aromatic rings. The van der Waals surface area contributed by atoms with Crippen molar-refractivity contribution in [3.63, 3.8) is 0 Å². The number of nitriles is 1. The molecule has 2 atom stereocenters. The summed E-state index contributed by atoms with van der Waals surface area (Å²) < 4.78 is 0.692. The molecule has 1 aromatic carbocycles. The van der Waals surface area contributed by atoms with Crippen molar-refractivity contribution in [3.05, 3.63) is 28.2 Å². The Balaban J connectivity index is 2.18. The smallest absolute Gasteiger partial charge is 0.326 e. The summed E-state index contributed by atoms with van der Waals surface area (Å²) in [5, 5.41) is 30.1. The fourth-order valence-corrected chi connectivity index (χ4v) is 2.54. The maximum Gasteiger partial charge on any atom is 0.326 e. The highest BCUT2D eigenvalue weighted by Gasteiger charge is 2.39. The van der Waals surface area contributed by atoms with Crippen LogP contribution in [0.25, 0.3) is 0 Å². The monoisotopic (exact) mass is 353 g/mol. The standard InChI is InChI=1S/C13H12BrN3O4/c14-8-1-2-10(7(3-8)5-15)16-13(21)17-6-9(18)4-11(17)12(19)20/h1-3,9,11,18H,4,6H2,(H,16,21)(H,19,20)/t9-,11-/m0/s1. The van der Waals surface area contributed by atoms with Crippen molar-refractivity contribution in [3.8, 4) is 6.07 Å². The second-order valence-electron chi connectivity index (χ2n) is 4.63. The van der Waals surface area contributed by atoms with Crippen molar-refractivity contribution >= 4 is 33.6 Å². The summed E-state index contributed by atoms with van der Waals surface area (Å²) in [6, 6.07) is 4.97. The lowest BCUT2D eigenvalue weighted by molar-refractivity contribution is -0.141. The molecule has 2 amide bonds. The van der Waals surface area contributed by atoms with Crippen LogP contribution in [0, 0.1) is 11.3 Å². The van der Waals surface area contributed by atoms with Gasteiger partial charge in [-0.05, 0) is 18.2 Å². The Labute approximate surface area is 128 Å². The number of likely N-dealkylation sites (tertiary alicyclic amines) is 1. The first-order chi connectivity index (χ1) is 9.92. The first kappa shape index (κ1) is 15.3. The van der Waals surface area contributed by atoms with Gasteiger partial charge in [0.25, 0.3) is 0 Å². The van der Waals surface area contributed by atoms with Crippen molar-refractivity contribution in [2.24, 2.45) is 0 Å². The molecule has 0 aliphatic carbocycles. The van der Waals surface area contributed by atoms with Crippen molar-refractivity contribution in [1.29, 1.82) is 5.26 Å². The third-order valence-electron chi connectivity index (χ3n) is 3.17. The SMILES string of the molecule is N#Cc1cc(Br)ccc1NC(=O)N1C[C@@H](O)C[C@H]1C(=O)O. The molecule has 0 spiro atoms. The number of carbonyl (C=O) groups is 2. The third-order valence-corrected chi connectivity index (χ3v) is 3.66. The van der Waals surface area contributed by atoms with E-state index in [9.17, 15) is 14.7 Å². The van der Waals surface area contributed by atoms with Crippen LogP contribution in [0.15, 0.2) is 22.7 Å². The van der Waals surface area contributed by atoms with Gasteiger partial charge >= 0.3 is 12.0 Å². The molecule has 0 aromatic heterocycles. The zero-order valence-electron chi connectivity index (χ0n) is 10.8. The number of aliphatic hydroxyl groups excluding tert-OH is 1. The van der Waals surface area contributed by atoms with Crippen LogP contribution in [0.2, 0.25) is 0 Å².